The molecule has 144 valence electrons. The van der Waals surface area contributed by atoms with Crippen molar-refractivity contribution >= 4 is 6.09 Å². The third-order valence-corrected chi connectivity index (χ3v) is 5.61. The van der Waals surface area contributed by atoms with Crippen LogP contribution in [-0.2, 0) is 4.74 Å². The summed E-state index contributed by atoms with van der Waals surface area (Å²) >= 11 is 0. The second kappa shape index (κ2) is 7.59. The number of benzene rings is 1. The van der Waals surface area contributed by atoms with Crippen LogP contribution >= 0.6 is 0 Å². The molecule has 4 nitrogen and oxygen atoms in total. The van der Waals surface area contributed by atoms with E-state index in [1.807, 2.05) is 20.8 Å². The number of nitrogens with zero attached hydrogens (tertiary/aromatic N) is 1. The number of hydrogen-bond donors (Lipinski definition) is 1. The molecule has 0 saturated heterocycles. The summed E-state index contributed by atoms with van der Waals surface area (Å²) in [6, 6.07) is 9.68. The van der Waals surface area contributed by atoms with E-state index in [1.54, 1.807) is 0 Å². The zero-order valence-electron chi connectivity index (χ0n) is 16.9. The van der Waals surface area contributed by atoms with Crippen LogP contribution in [-0.4, -0.2) is 42.8 Å². The SMILES string of the molecule is CN(C)[C@H]1CC(c2cccc(C3CC3)c2)CC[C@@H]1NC(=O)OC(C)(C)C. The van der Waals surface area contributed by atoms with Crippen molar-refractivity contribution in [3.63, 3.8) is 0 Å². The lowest BCUT2D eigenvalue weighted by Gasteiger charge is -2.40. The Morgan fingerprint density at radius 3 is 2.27 bits per heavy atom. The molecule has 1 amide bonds. The van der Waals surface area contributed by atoms with Gasteiger partial charge in [0.15, 0.2) is 0 Å². The lowest BCUT2D eigenvalue weighted by molar-refractivity contribution is 0.0445. The van der Waals surface area contributed by atoms with Crippen LogP contribution in [0.4, 0.5) is 4.79 Å². The highest BCUT2D eigenvalue weighted by Crippen LogP contribution is 2.42. The first kappa shape index (κ1) is 19.2. The van der Waals surface area contributed by atoms with Crippen molar-refractivity contribution in [3.05, 3.63) is 35.4 Å². The van der Waals surface area contributed by atoms with Crippen LogP contribution < -0.4 is 5.32 Å². The molecule has 1 unspecified atom stereocenters. The van der Waals surface area contributed by atoms with Crippen LogP contribution in [0.5, 0.6) is 0 Å². The minimum absolute atomic E-state index is 0.141. The molecule has 2 fully saturated rings. The maximum Gasteiger partial charge on any atom is 0.407 e. The minimum Gasteiger partial charge on any atom is -0.444 e. The van der Waals surface area contributed by atoms with Gasteiger partial charge < -0.3 is 15.0 Å². The van der Waals surface area contributed by atoms with E-state index in [1.165, 1.54) is 24.0 Å². The molecule has 0 aromatic heterocycles. The van der Waals surface area contributed by atoms with Gasteiger partial charge in [0, 0.05) is 12.1 Å². The average Bonchev–Trinajstić information content (AvgIpc) is 3.38. The summed E-state index contributed by atoms with van der Waals surface area (Å²) in [5.74, 6) is 1.36. The van der Waals surface area contributed by atoms with Crippen LogP contribution in [0.15, 0.2) is 24.3 Å². The van der Waals surface area contributed by atoms with Crippen molar-refractivity contribution in [3.8, 4) is 0 Å². The van der Waals surface area contributed by atoms with Gasteiger partial charge in [0.25, 0.3) is 0 Å². The maximum atomic E-state index is 12.2. The van der Waals surface area contributed by atoms with Gasteiger partial charge in [-0.05, 0) is 89.9 Å². The predicted molar refractivity (Wildman–Crippen MR) is 106 cm³/mol. The Hall–Kier alpha value is -1.55. The lowest BCUT2D eigenvalue weighted by atomic mass is 9.78. The molecule has 26 heavy (non-hydrogen) atoms. The number of nitrogens with one attached hydrogen (secondary N) is 1. The van der Waals surface area contributed by atoms with Crippen molar-refractivity contribution < 1.29 is 9.53 Å². The molecule has 4 heteroatoms. The summed E-state index contributed by atoms with van der Waals surface area (Å²) in [5, 5.41) is 3.12. The molecule has 0 radical (unpaired) electrons. The van der Waals surface area contributed by atoms with Gasteiger partial charge in [0.1, 0.15) is 5.60 Å². The molecule has 2 aliphatic carbocycles. The van der Waals surface area contributed by atoms with Crippen molar-refractivity contribution in [2.45, 2.75) is 82.4 Å². The monoisotopic (exact) mass is 358 g/mol. The molecule has 1 aromatic carbocycles. The normalized spacial score (nSPS) is 26.6. The lowest BCUT2D eigenvalue weighted by Crippen LogP contribution is -2.53. The minimum atomic E-state index is -0.460. The van der Waals surface area contributed by atoms with Gasteiger partial charge in [-0.2, -0.15) is 0 Å². The Bertz CT molecular complexity index is 631. The number of rotatable bonds is 4. The van der Waals surface area contributed by atoms with Crippen molar-refractivity contribution in [2.24, 2.45) is 0 Å². The van der Waals surface area contributed by atoms with Crippen molar-refractivity contribution in [1.82, 2.24) is 10.2 Å². The fourth-order valence-corrected chi connectivity index (χ4v) is 4.13. The average molecular weight is 359 g/mol. The van der Waals surface area contributed by atoms with Crippen molar-refractivity contribution in [1.29, 1.82) is 0 Å². The second-order valence-electron chi connectivity index (χ2n) is 9.24. The first-order valence-electron chi connectivity index (χ1n) is 9.99. The summed E-state index contributed by atoms with van der Waals surface area (Å²) in [6.07, 6.45) is 5.55. The van der Waals surface area contributed by atoms with Crippen molar-refractivity contribution in [2.75, 3.05) is 14.1 Å². The van der Waals surface area contributed by atoms with E-state index in [0.717, 1.165) is 25.2 Å². The molecule has 3 rings (SSSR count). The molecule has 1 N–H and O–H groups in total. The van der Waals surface area contributed by atoms with Gasteiger partial charge in [-0.25, -0.2) is 4.79 Å². The highest BCUT2D eigenvalue weighted by atomic mass is 16.6. The number of carbonyl (C=O) groups excluding carboxylic acids is 1. The highest BCUT2D eigenvalue weighted by Gasteiger charge is 2.35. The van der Waals surface area contributed by atoms with E-state index in [-0.39, 0.29) is 12.1 Å². The standard InChI is InChI=1S/C22H34N2O2/c1-22(2,3)26-21(25)23-19-12-11-18(14-20(19)24(4)5)17-8-6-7-16(13-17)15-9-10-15/h6-8,13,15,18-20H,9-12,14H2,1-5H3,(H,23,25)/t18?,19-,20-/m0/s1. The van der Waals surface area contributed by atoms with Gasteiger partial charge >= 0.3 is 6.09 Å². The summed E-state index contributed by atoms with van der Waals surface area (Å²) in [5.41, 5.74) is 2.52. The van der Waals surface area contributed by atoms with Crippen LogP contribution in [0.25, 0.3) is 0 Å². The molecule has 0 aliphatic heterocycles. The molecule has 1 aromatic rings. The Morgan fingerprint density at radius 1 is 1.08 bits per heavy atom. The van der Waals surface area contributed by atoms with Crippen LogP contribution in [0, 0.1) is 0 Å². The molecule has 3 atom stereocenters. The summed E-state index contributed by atoms with van der Waals surface area (Å²) in [4.78, 5) is 14.5. The van der Waals surface area contributed by atoms with Crippen LogP contribution in [0.3, 0.4) is 0 Å². The van der Waals surface area contributed by atoms with E-state index in [2.05, 4.69) is 48.6 Å². The number of ether oxygens (including phenoxy) is 1. The third kappa shape index (κ3) is 5.00. The van der Waals surface area contributed by atoms with E-state index in [4.69, 9.17) is 4.74 Å². The zero-order chi connectivity index (χ0) is 18.9. The van der Waals surface area contributed by atoms with Crippen LogP contribution in [0.2, 0.25) is 0 Å². The summed E-state index contributed by atoms with van der Waals surface area (Å²) in [7, 11) is 4.22. The zero-order valence-corrected chi connectivity index (χ0v) is 16.9. The topological polar surface area (TPSA) is 41.6 Å². The maximum absolute atomic E-state index is 12.2. The number of hydrogen-bond acceptors (Lipinski definition) is 3. The fourth-order valence-electron chi connectivity index (χ4n) is 4.13. The molecule has 0 bridgehead atoms. The Balaban J connectivity index is 1.66. The number of carbonyl (C=O) groups is 1. The number of likely N-dealkylation sites (N-methyl/N-ethyl adjacent to an activating group) is 1. The van der Waals surface area contributed by atoms with Gasteiger partial charge in [-0.15, -0.1) is 0 Å². The molecule has 0 heterocycles. The first-order chi connectivity index (χ1) is 12.2. The molecule has 2 saturated carbocycles. The number of alkyl carbamates (subject to hydrolysis) is 1. The molecule has 0 spiro atoms. The molecular formula is C22H34N2O2. The molecule has 2 aliphatic rings. The number of amides is 1. The first-order valence-corrected chi connectivity index (χ1v) is 9.99. The Kier molecular flexibility index (Phi) is 5.61. The van der Waals surface area contributed by atoms with Gasteiger partial charge in [-0.1, -0.05) is 24.3 Å². The quantitative estimate of drug-likeness (QED) is 0.851. The van der Waals surface area contributed by atoms with E-state index < -0.39 is 5.60 Å². The van der Waals surface area contributed by atoms with Gasteiger partial charge in [-0.3, -0.25) is 0 Å². The third-order valence-electron chi connectivity index (χ3n) is 5.61. The van der Waals surface area contributed by atoms with E-state index in [0.29, 0.717) is 12.0 Å². The highest BCUT2D eigenvalue weighted by molar-refractivity contribution is 5.68. The summed E-state index contributed by atoms with van der Waals surface area (Å²) in [6.45, 7) is 5.71. The Labute approximate surface area is 158 Å². The fraction of sp³-hybridized carbons (Fsp3) is 0.682. The largest absolute Gasteiger partial charge is 0.444 e. The van der Waals surface area contributed by atoms with E-state index >= 15 is 0 Å². The smallest absolute Gasteiger partial charge is 0.407 e. The van der Waals surface area contributed by atoms with Crippen LogP contribution in [0.1, 0.15) is 75.8 Å². The predicted octanol–water partition coefficient (Wildman–Crippen LogP) is 4.66. The Morgan fingerprint density at radius 2 is 1.69 bits per heavy atom. The van der Waals surface area contributed by atoms with Gasteiger partial charge in [0.05, 0.1) is 0 Å². The van der Waals surface area contributed by atoms with E-state index in [9.17, 15) is 4.79 Å². The summed E-state index contributed by atoms with van der Waals surface area (Å²) < 4.78 is 5.46. The van der Waals surface area contributed by atoms with Gasteiger partial charge in [0.2, 0.25) is 0 Å². The molecular weight excluding hydrogens is 324 g/mol. The second-order valence-corrected chi connectivity index (χ2v) is 9.24.